The quantitative estimate of drug-likeness (QED) is 0.558. The van der Waals surface area contributed by atoms with Crippen molar-refractivity contribution in [3.05, 3.63) is 43.2 Å². The van der Waals surface area contributed by atoms with Crippen LogP contribution in [0.25, 0.3) is 0 Å². The van der Waals surface area contributed by atoms with E-state index in [1.165, 1.54) is 13.2 Å². The zero-order valence-corrected chi connectivity index (χ0v) is 11.1. The Balaban J connectivity index is 0. The first-order valence-corrected chi connectivity index (χ1v) is 5.37. The van der Waals surface area contributed by atoms with Crippen molar-refractivity contribution in [3.8, 4) is 5.95 Å². The van der Waals surface area contributed by atoms with Crippen LogP contribution in [0.2, 0.25) is 0 Å². The smallest absolute Gasteiger partial charge is 0.337 e. The molecule has 20 heavy (non-hydrogen) atoms. The third-order valence-electron chi connectivity index (χ3n) is 1.33. The van der Waals surface area contributed by atoms with Gasteiger partial charge >= 0.3 is 11.9 Å². The fraction of sp³-hybridized carbons (Fsp3) is 0.231. The first kappa shape index (κ1) is 19.9. The van der Waals surface area contributed by atoms with Crippen molar-refractivity contribution in [2.24, 2.45) is 0 Å². The van der Waals surface area contributed by atoms with E-state index in [1.807, 2.05) is 0 Å². The van der Waals surface area contributed by atoms with Crippen LogP contribution < -0.4 is 4.74 Å². The molecule has 1 aromatic rings. The lowest BCUT2D eigenvalue weighted by molar-refractivity contribution is -0.132. The van der Waals surface area contributed by atoms with Crippen molar-refractivity contribution in [2.45, 2.75) is 6.92 Å². The summed E-state index contributed by atoms with van der Waals surface area (Å²) < 4.78 is 9.30. The van der Waals surface area contributed by atoms with Gasteiger partial charge in [0.05, 0.1) is 19.5 Å². The van der Waals surface area contributed by atoms with Crippen LogP contribution in [0, 0.1) is 0 Å². The van der Waals surface area contributed by atoms with Crippen LogP contribution in [0.4, 0.5) is 0 Å². The Bertz CT molecular complexity index is 392. The van der Waals surface area contributed by atoms with E-state index in [2.05, 4.69) is 17.9 Å². The lowest BCUT2D eigenvalue weighted by Crippen LogP contribution is -2.01. The maximum Gasteiger partial charge on any atom is 0.337 e. The van der Waals surface area contributed by atoms with Crippen LogP contribution in [0.15, 0.2) is 47.6 Å². The Kier molecular flexibility index (Phi) is 13.0. The molecule has 1 aromatic heterocycles. The number of aliphatic hydroxyl groups is 2. The maximum absolute atomic E-state index is 10.5. The predicted molar refractivity (Wildman–Crippen MR) is 71.2 cm³/mol. The summed E-state index contributed by atoms with van der Waals surface area (Å²) in [5.41, 5.74) is 0.176. The first-order valence-electron chi connectivity index (χ1n) is 5.37. The fourth-order valence-electron chi connectivity index (χ4n) is 0.462. The number of carbonyl (C=O) groups excluding carboxylic acids is 1. The normalized spacial score (nSPS) is 8.15. The van der Waals surface area contributed by atoms with Crippen LogP contribution in [-0.2, 0) is 9.59 Å². The van der Waals surface area contributed by atoms with Gasteiger partial charge in [0, 0.05) is 17.7 Å². The minimum atomic E-state index is -0.935. The summed E-state index contributed by atoms with van der Waals surface area (Å²) in [4.78, 5) is 20.1. The van der Waals surface area contributed by atoms with Crippen molar-refractivity contribution in [3.63, 3.8) is 0 Å². The van der Waals surface area contributed by atoms with Gasteiger partial charge in [-0.2, -0.15) is 0 Å². The average Bonchev–Trinajstić information content (AvgIpc) is 2.92. The van der Waals surface area contributed by atoms with Crippen LogP contribution >= 0.6 is 0 Å². The number of hydrogen-bond acceptors (Lipinski definition) is 6. The summed E-state index contributed by atoms with van der Waals surface area (Å²) >= 11 is 0. The molecule has 0 aliphatic rings. The number of aliphatic hydroxyl groups excluding tert-OH is 2. The predicted octanol–water partition coefficient (Wildman–Crippen LogP) is 0.989. The number of furan rings is 1. The highest BCUT2D eigenvalue weighted by Crippen LogP contribution is 2.09. The van der Waals surface area contributed by atoms with Crippen molar-refractivity contribution in [1.82, 2.24) is 0 Å². The van der Waals surface area contributed by atoms with Crippen LogP contribution in [0.1, 0.15) is 6.92 Å². The molecule has 0 aromatic carbocycles. The number of aliphatic carboxylic acids is 1. The summed E-state index contributed by atoms with van der Waals surface area (Å²) in [5.74, 6) is -1.27. The van der Waals surface area contributed by atoms with E-state index in [0.29, 0.717) is 0 Å². The molecule has 0 amide bonds. The molecular formula is C13H18O7. The second-order valence-electron chi connectivity index (χ2n) is 3.09. The summed E-state index contributed by atoms with van der Waals surface area (Å²) in [6, 6.07) is 3.17. The van der Waals surface area contributed by atoms with Gasteiger partial charge in [-0.15, -0.1) is 0 Å². The lowest BCUT2D eigenvalue weighted by Gasteiger charge is -1.91. The molecule has 0 aliphatic heterocycles. The maximum atomic E-state index is 10.5. The third-order valence-corrected chi connectivity index (χ3v) is 1.33. The zero-order valence-electron chi connectivity index (χ0n) is 11.1. The first-order chi connectivity index (χ1) is 9.38. The summed E-state index contributed by atoms with van der Waals surface area (Å²) in [6.07, 6.45) is 2.49. The summed E-state index contributed by atoms with van der Waals surface area (Å²) in [6.45, 7) is 7.58. The topological polar surface area (TPSA) is 117 Å². The number of carbonyl (C=O) groups is 2. The second-order valence-corrected chi connectivity index (χ2v) is 3.09. The van der Waals surface area contributed by atoms with Crippen molar-refractivity contribution in [2.75, 3.05) is 13.2 Å². The van der Waals surface area contributed by atoms with E-state index in [1.54, 1.807) is 12.1 Å². The van der Waals surface area contributed by atoms with Gasteiger partial charge in [-0.3, -0.25) is 0 Å². The van der Waals surface area contributed by atoms with Crippen LogP contribution in [0.3, 0.4) is 0 Å². The Morgan fingerprint density at radius 1 is 1.40 bits per heavy atom. The average molecular weight is 286 g/mol. The van der Waals surface area contributed by atoms with Gasteiger partial charge in [0.25, 0.3) is 5.95 Å². The SMILES string of the molecule is C=C(C)C(=O)O.C=CC(=O)Oc1ccco1.OCCO. The van der Waals surface area contributed by atoms with Gasteiger partial charge in [-0.1, -0.05) is 13.2 Å². The molecule has 0 unspecified atom stereocenters. The van der Waals surface area contributed by atoms with E-state index in [9.17, 15) is 9.59 Å². The zero-order chi connectivity index (χ0) is 16.0. The Morgan fingerprint density at radius 3 is 2.15 bits per heavy atom. The lowest BCUT2D eigenvalue weighted by atomic mass is 10.4. The monoisotopic (exact) mass is 286 g/mol. The number of carboxylic acids is 1. The molecule has 1 heterocycles. The molecule has 0 saturated heterocycles. The largest absolute Gasteiger partial charge is 0.478 e. The Morgan fingerprint density at radius 2 is 1.90 bits per heavy atom. The van der Waals surface area contributed by atoms with E-state index in [0.717, 1.165) is 6.08 Å². The minimum Gasteiger partial charge on any atom is -0.478 e. The van der Waals surface area contributed by atoms with E-state index in [4.69, 9.17) is 19.7 Å². The summed E-state index contributed by atoms with van der Waals surface area (Å²) in [7, 11) is 0. The second kappa shape index (κ2) is 13.1. The standard InChI is InChI=1S/C7H6O3.C4H6O2.C2H6O2/c1-2-6(8)10-7-4-3-5-9-7;1-3(2)4(5)6;3-1-2-4/h2-5H,1H2;1H2,2H3,(H,5,6);3-4H,1-2H2. The van der Waals surface area contributed by atoms with Crippen molar-refractivity contribution in [1.29, 1.82) is 0 Å². The van der Waals surface area contributed by atoms with Crippen molar-refractivity contribution >= 4 is 11.9 Å². The molecule has 0 atom stereocenters. The van der Waals surface area contributed by atoms with Crippen LogP contribution in [0.5, 0.6) is 5.95 Å². The molecule has 1 rings (SSSR count). The molecule has 0 spiro atoms. The number of hydrogen-bond donors (Lipinski definition) is 3. The minimum absolute atomic E-state index is 0.125. The molecule has 0 saturated carbocycles. The highest BCUT2D eigenvalue weighted by molar-refractivity contribution is 5.84. The van der Waals surface area contributed by atoms with Gasteiger partial charge in [-0.05, 0) is 13.0 Å². The molecule has 0 aliphatic carbocycles. The molecule has 0 radical (unpaired) electrons. The van der Waals surface area contributed by atoms with Gasteiger partial charge in [0.2, 0.25) is 0 Å². The summed E-state index contributed by atoms with van der Waals surface area (Å²) in [5, 5.41) is 23.1. The van der Waals surface area contributed by atoms with E-state index >= 15 is 0 Å². The van der Waals surface area contributed by atoms with Crippen molar-refractivity contribution < 1.29 is 34.1 Å². The molecule has 0 fully saturated rings. The third kappa shape index (κ3) is 13.7. The highest BCUT2D eigenvalue weighted by Gasteiger charge is 1.99. The Hall–Kier alpha value is -2.38. The molecule has 7 nitrogen and oxygen atoms in total. The number of carboxylic acid groups (broad SMARTS) is 1. The van der Waals surface area contributed by atoms with Crippen LogP contribution in [-0.4, -0.2) is 40.5 Å². The van der Waals surface area contributed by atoms with E-state index in [-0.39, 0.29) is 24.7 Å². The Labute approximate surface area is 116 Å². The van der Waals surface area contributed by atoms with Gasteiger partial charge in [0.1, 0.15) is 0 Å². The fourth-order valence-corrected chi connectivity index (χ4v) is 0.462. The highest BCUT2D eigenvalue weighted by atomic mass is 16.6. The van der Waals surface area contributed by atoms with Gasteiger partial charge in [0.15, 0.2) is 0 Å². The number of rotatable bonds is 4. The number of esters is 1. The van der Waals surface area contributed by atoms with E-state index < -0.39 is 11.9 Å². The molecule has 7 heteroatoms. The molecule has 0 bridgehead atoms. The van der Waals surface area contributed by atoms with Gasteiger partial charge in [-0.25, -0.2) is 9.59 Å². The van der Waals surface area contributed by atoms with Gasteiger partial charge < -0.3 is 24.5 Å². The molecular weight excluding hydrogens is 268 g/mol. The molecule has 3 N–H and O–H groups in total. The molecule has 112 valence electrons. The number of ether oxygens (including phenoxy) is 1.